The van der Waals surface area contributed by atoms with E-state index in [1.807, 2.05) is 25.1 Å². The minimum atomic E-state index is -0.205. The van der Waals surface area contributed by atoms with Crippen molar-refractivity contribution in [1.82, 2.24) is 20.1 Å². The van der Waals surface area contributed by atoms with Gasteiger partial charge in [-0.25, -0.2) is 10.2 Å². The van der Waals surface area contributed by atoms with Gasteiger partial charge in [-0.05, 0) is 25.8 Å². The predicted molar refractivity (Wildman–Crippen MR) is 136 cm³/mol. The lowest BCUT2D eigenvalue weighted by Gasteiger charge is -2.19. The fourth-order valence-corrected chi connectivity index (χ4v) is 4.33. The molecule has 0 spiro atoms. The molecule has 1 atom stereocenters. The SMILES string of the molecule is CCCCCCCCC(CCCCCC)NC(=O)NNc1nc(-c2cccc(C)c2)ns1. The summed E-state index contributed by atoms with van der Waals surface area (Å²) >= 11 is 1.24. The number of urea groups is 1. The molecule has 0 saturated heterocycles. The van der Waals surface area contributed by atoms with Gasteiger partial charge in [0.25, 0.3) is 0 Å². The maximum absolute atomic E-state index is 12.5. The van der Waals surface area contributed by atoms with Crippen LogP contribution >= 0.6 is 11.5 Å². The molecule has 2 amide bonds. The van der Waals surface area contributed by atoms with Crippen molar-refractivity contribution in [2.75, 3.05) is 5.43 Å². The first-order valence-electron chi connectivity index (χ1n) is 12.4. The Morgan fingerprint density at radius 1 is 0.969 bits per heavy atom. The van der Waals surface area contributed by atoms with E-state index < -0.39 is 0 Å². The molecule has 0 saturated carbocycles. The number of nitrogens with zero attached hydrogens (tertiary/aromatic N) is 2. The summed E-state index contributed by atoms with van der Waals surface area (Å²) in [5.41, 5.74) is 7.78. The van der Waals surface area contributed by atoms with Crippen molar-refractivity contribution < 1.29 is 4.79 Å². The van der Waals surface area contributed by atoms with Crippen LogP contribution in [0.2, 0.25) is 0 Å². The highest BCUT2D eigenvalue weighted by Crippen LogP contribution is 2.21. The zero-order valence-electron chi connectivity index (χ0n) is 20.1. The van der Waals surface area contributed by atoms with Gasteiger partial charge in [0, 0.05) is 23.1 Å². The zero-order valence-corrected chi connectivity index (χ0v) is 20.9. The number of aryl methyl sites for hydroxylation is 1. The highest BCUT2D eigenvalue weighted by Gasteiger charge is 2.13. The molecule has 2 aromatic rings. The number of anilines is 1. The maximum atomic E-state index is 12.5. The zero-order chi connectivity index (χ0) is 23.0. The Balaban J connectivity index is 1.77. The molecule has 3 N–H and O–H groups in total. The molecule has 0 aliphatic rings. The van der Waals surface area contributed by atoms with Gasteiger partial charge in [-0.2, -0.15) is 9.36 Å². The molecule has 1 aromatic carbocycles. The molecule has 1 unspecified atom stereocenters. The van der Waals surface area contributed by atoms with Crippen molar-refractivity contribution in [3.63, 3.8) is 0 Å². The lowest BCUT2D eigenvalue weighted by molar-refractivity contribution is 0.236. The number of nitrogens with one attached hydrogen (secondary N) is 3. The van der Waals surface area contributed by atoms with Crippen LogP contribution in [0.4, 0.5) is 9.93 Å². The van der Waals surface area contributed by atoms with Crippen molar-refractivity contribution in [3.8, 4) is 11.4 Å². The number of unbranched alkanes of at least 4 members (excludes halogenated alkanes) is 8. The fourth-order valence-electron chi connectivity index (χ4n) is 3.78. The smallest absolute Gasteiger partial charge is 0.333 e. The van der Waals surface area contributed by atoms with Crippen LogP contribution in [0.15, 0.2) is 24.3 Å². The van der Waals surface area contributed by atoms with Gasteiger partial charge < -0.3 is 5.32 Å². The van der Waals surface area contributed by atoms with Crippen molar-refractivity contribution in [2.45, 2.75) is 104 Å². The Hall–Kier alpha value is -2.15. The average Bonchev–Trinajstić information content (AvgIpc) is 3.26. The summed E-state index contributed by atoms with van der Waals surface area (Å²) in [6.45, 7) is 6.52. The summed E-state index contributed by atoms with van der Waals surface area (Å²) in [5, 5.41) is 3.73. The first-order chi connectivity index (χ1) is 15.6. The molecular formula is C25H41N5OS. The Bertz CT molecular complexity index is 779. The third kappa shape index (κ3) is 10.4. The van der Waals surface area contributed by atoms with Crippen LogP contribution in [0.1, 0.15) is 96.5 Å². The summed E-state index contributed by atoms with van der Waals surface area (Å²) in [6, 6.07) is 8.10. The second-order valence-electron chi connectivity index (χ2n) is 8.62. The number of benzene rings is 1. The molecule has 2 rings (SSSR count). The van der Waals surface area contributed by atoms with E-state index in [1.54, 1.807) is 0 Å². The third-order valence-electron chi connectivity index (χ3n) is 5.63. The second-order valence-corrected chi connectivity index (χ2v) is 9.37. The molecule has 0 bridgehead atoms. The van der Waals surface area contributed by atoms with Gasteiger partial charge in [0.05, 0.1) is 0 Å². The van der Waals surface area contributed by atoms with Gasteiger partial charge in [-0.3, -0.25) is 5.43 Å². The molecule has 7 heteroatoms. The second kappa shape index (κ2) is 15.6. The van der Waals surface area contributed by atoms with Crippen LogP contribution in [-0.4, -0.2) is 21.4 Å². The van der Waals surface area contributed by atoms with E-state index in [0.717, 1.165) is 24.8 Å². The van der Waals surface area contributed by atoms with Crippen molar-refractivity contribution in [3.05, 3.63) is 29.8 Å². The topological polar surface area (TPSA) is 78.9 Å². The van der Waals surface area contributed by atoms with Crippen LogP contribution in [0.3, 0.4) is 0 Å². The molecule has 32 heavy (non-hydrogen) atoms. The first-order valence-corrected chi connectivity index (χ1v) is 13.1. The minimum absolute atomic E-state index is 0.205. The molecule has 1 heterocycles. The van der Waals surface area contributed by atoms with Crippen LogP contribution in [0.25, 0.3) is 11.4 Å². The number of hydrogen-bond donors (Lipinski definition) is 3. The number of carbonyl (C=O) groups is 1. The Morgan fingerprint density at radius 3 is 2.31 bits per heavy atom. The number of rotatable bonds is 16. The van der Waals surface area contributed by atoms with E-state index in [2.05, 4.69) is 45.4 Å². The molecule has 178 valence electrons. The Labute approximate surface area is 198 Å². The molecule has 0 aliphatic carbocycles. The van der Waals surface area contributed by atoms with E-state index in [4.69, 9.17) is 0 Å². The molecule has 0 fully saturated rings. The average molecular weight is 460 g/mol. The third-order valence-corrected chi connectivity index (χ3v) is 6.26. The molecule has 0 radical (unpaired) electrons. The monoisotopic (exact) mass is 459 g/mol. The van der Waals surface area contributed by atoms with E-state index >= 15 is 0 Å². The van der Waals surface area contributed by atoms with Gasteiger partial charge in [0.1, 0.15) is 0 Å². The highest BCUT2D eigenvalue weighted by atomic mass is 32.1. The van der Waals surface area contributed by atoms with Gasteiger partial charge >= 0.3 is 6.03 Å². The number of amides is 2. The largest absolute Gasteiger partial charge is 0.334 e. The number of carbonyl (C=O) groups excluding carboxylic acids is 1. The predicted octanol–water partition coefficient (Wildman–Crippen LogP) is 7.23. The summed E-state index contributed by atoms with van der Waals surface area (Å²) < 4.78 is 4.39. The molecule has 6 nitrogen and oxygen atoms in total. The van der Waals surface area contributed by atoms with E-state index in [1.165, 1.54) is 74.9 Å². The van der Waals surface area contributed by atoms with Crippen molar-refractivity contribution in [1.29, 1.82) is 0 Å². The summed E-state index contributed by atoms with van der Waals surface area (Å²) in [5.74, 6) is 0.667. The maximum Gasteiger partial charge on any atom is 0.333 e. The van der Waals surface area contributed by atoms with Crippen LogP contribution in [-0.2, 0) is 0 Å². The Morgan fingerprint density at radius 2 is 1.62 bits per heavy atom. The van der Waals surface area contributed by atoms with Crippen LogP contribution < -0.4 is 16.2 Å². The number of aromatic nitrogens is 2. The quantitative estimate of drug-likeness (QED) is 0.183. The van der Waals surface area contributed by atoms with E-state index in [9.17, 15) is 4.79 Å². The standard InChI is InChI=1S/C25H41N5OS/c1-4-6-8-10-11-13-18-22(17-12-9-7-5-2)26-24(31)28-29-25-27-23(30-32-25)21-16-14-15-20(3)19-21/h14-16,19,22H,4-13,17-18H2,1-3H3,(H2,26,28,31)(H,27,29,30). The van der Waals surface area contributed by atoms with Crippen LogP contribution in [0.5, 0.6) is 0 Å². The number of hydrazine groups is 1. The minimum Gasteiger partial charge on any atom is -0.334 e. The van der Waals surface area contributed by atoms with Crippen molar-refractivity contribution >= 4 is 22.7 Å². The van der Waals surface area contributed by atoms with Gasteiger partial charge in [-0.1, -0.05) is 102 Å². The molecule has 1 aromatic heterocycles. The van der Waals surface area contributed by atoms with Crippen molar-refractivity contribution in [2.24, 2.45) is 0 Å². The van der Waals surface area contributed by atoms with Gasteiger partial charge in [0.2, 0.25) is 5.13 Å². The van der Waals surface area contributed by atoms with Gasteiger partial charge in [-0.15, -0.1) is 0 Å². The Kier molecular flexibility index (Phi) is 12.7. The fraction of sp³-hybridized carbons (Fsp3) is 0.640. The van der Waals surface area contributed by atoms with E-state index in [-0.39, 0.29) is 12.1 Å². The van der Waals surface area contributed by atoms with Gasteiger partial charge in [0.15, 0.2) is 5.82 Å². The van der Waals surface area contributed by atoms with E-state index in [0.29, 0.717) is 11.0 Å². The normalized spacial score (nSPS) is 11.8. The summed E-state index contributed by atoms with van der Waals surface area (Å²) in [7, 11) is 0. The number of hydrogen-bond acceptors (Lipinski definition) is 5. The summed E-state index contributed by atoms with van der Waals surface area (Å²) in [4.78, 5) is 17.0. The summed E-state index contributed by atoms with van der Waals surface area (Å²) in [6.07, 6.45) is 14.6. The first kappa shape index (κ1) is 26.1. The lowest BCUT2D eigenvalue weighted by atomic mass is 10.0. The highest BCUT2D eigenvalue weighted by molar-refractivity contribution is 7.09. The van der Waals surface area contributed by atoms with Crippen LogP contribution in [0, 0.1) is 6.92 Å². The lowest BCUT2D eigenvalue weighted by Crippen LogP contribution is -2.44. The molecule has 0 aliphatic heterocycles. The molecular weight excluding hydrogens is 418 g/mol.